The van der Waals surface area contributed by atoms with Crippen LogP contribution in [-0.4, -0.2) is 28.8 Å². The second-order valence-corrected chi connectivity index (χ2v) is 7.25. The minimum absolute atomic E-state index is 0.0481. The van der Waals surface area contributed by atoms with Crippen LogP contribution in [0.1, 0.15) is 37.5 Å². The van der Waals surface area contributed by atoms with Gasteiger partial charge in [-0.3, -0.25) is 9.48 Å². The van der Waals surface area contributed by atoms with E-state index in [2.05, 4.69) is 10.4 Å². The Kier molecular flexibility index (Phi) is 6.42. The number of carbonyl (C=O) groups is 2. The van der Waals surface area contributed by atoms with Crippen molar-refractivity contribution in [1.82, 2.24) is 9.78 Å². The molecular weight excluding hydrogens is 406 g/mol. The topological polar surface area (TPSA) is 82.5 Å². The van der Waals surface area contributed by atoms with Crippen molar-refractivity contribution in [1.29, 1.82) is 0 Å². The lowest BCUT2D eigenvalue weighted by atomic mass is 10.1. The largest absolute Gasteiger partial charge is 0.489 e. The maximum Gasteiger partial charge on any atom is 0.360 e. The van der Waals surface area contributed by atoms with Gasteiger partial charge in [-0.05, 0) is 54.8 Å². The van der Waals surface area contributed by atoms with E-state index >= 15 is 0 Å². The maximum absolute atomic E-state index is 12.5. The Morgan fingerprint density at radius 3 is 2.37 bits per heavy atom. The van der Waals surface area contributed by atoms with Crippen LogP contribution >= 0.6 is 11.6 Å². The monoisotopic (exact) mass is 427 g/mol. The van der Waals surface area contributed by atoms with Crippen molar-refractivity contribution in [3.05, 3.63) is 75.6 Å². The Balaban J connectivity index is 1.66. The molecule has 1 N–H and O–H groups in total. The van der Waals surface area contributed by atoms with Crippen molar-refractivity contribution in [3.63, 3.8) is 0 Å². The van der Waals surface area contributed by atoms with Crippen LogP contribution in [0.5, 0.6) is 5.75 Å². The molecule has 0 saturated heterocycles. The Hall–Kier alpha value is -3.32. The molecule has 7 nitrogen and oxygen atoms in total. The molecule has 156 valence electrons. The number of amides is 1. The van der Waals surface area contributed by atoms with Crippen LogP contribution < -0.4 is 10.1 Å². The zero-order valence-electron chi connectivity index (χ0n) is 17.2. The number of aromatic nitrogens is 2. The summed E-state index contributed by atoms with van der Waals surface area (Å²) in [5.41, 5.74) is 3.60. The predicted octanol–water partition coefficient (Wildman–Crippen LogP) is 4.31. The van der Waals surface area contributed by atoms with Crippen molar-refractivity contribution in [2.75, 3.05) is 12.4 Å². The number of ether oxygens (including phenoxy) is 2. The summed E-state index contributed by atoms with van der Waals surface area (Å²) < 4.78 is 12.0. The number of anilines is 1. The summed E-state index contributed by atoms with van der Waals surface area (Å²) in [4.78, 5) is 24.3. The fourth-order valence-corrected chi connectivity index (χ4v) is 3.04. The molecule has 0 aliphatic rings. The molecule has 0 bridgehead atoms. The molecule has 0 saturated carbocycles. The average molecular weight is 428 g/mol. The van der Waals surface area contributed by atoms with Gasteiger partial charge in [0.15, 0.2) is 5.69 Å². The fourth-order valence-electron chi connectivity index (χ4n) is 2.93. The number of esters is 1. The van der Waals surface area contributed by atoms with Crippen LogP contribution in [0, 0.1) is 13.8 Å². The summed E-state index contributed by atoms with van der Waals surface area (Å²) >= 11 is 6.18. The molecule has 0 aliphatic carbocycles. The molecule has 0 atom stereocenters. The molecule has 0 fully saturated rings. The molecule has 3 rings (SSSR count). The standard InChI is InChI=1S/C22H22ClN3O4/c1-13-9-17(10-14(2)19(13)23)30-12-15-5-7-16(8-6-15)21(27)24-18-11-26(3)25-20(18)22(28)29-4/h5-11H,12H2,1-4H3,(H,24,27). The number of rotatable bonds is 6. The summed E-state index contributed by atoms with van der Waals surface area (Å²) in [5.74, 6) is -0.237. The fraction of sp³-hybridized carbons (Fsp3) is 0.227. The second-order valence-electron chi connectivity index (χ2n) is 6.87. The van der Waals surface area contributed by atoms with Crippen LogP contribution in [0.15, 0.2) is 42.6 Å². The zero-order valence-corrected chi connectivity index (χ0v) is 17.9. The molecular formula is C22H22ClN3O4. The number of hydrogen-bond donors (Lipinski definition) is 1. The van der Waals surface area contributed by atoms with Gasteiger partial charge in [0.1, 0.15) is 12.4 Å². The molecule has 1 heterocycles. The number of halogens is 1. The molecule has 0 aliphatic heterocycles. The third kappa shape index (κ3) is 4.80. The smallest absolute Gasteiger partial charge is 0.360 e. The summed E-state index contributed by atoms with van der Waals surface area (Å²) in [6, 6.07) is 10.8. The maximum atomic E-state index is 12.5. The van der Waals surface area contributed by atoms with Gasteiger partial charge in [-0.15, -0.1) is 0 Å². The molecule has 2 aromatic carbocycles. The van der Waals surface area contributed by atoms with Crippen LogP contribution in [-0.2, 0) is 18.4 Å². The number of nitrogens with zero attached hydrogens (tertiary/aromatic N) is 2. The second kappa shape index (κ2) is 9.00. The molecule has 0 unspecified atom stereocenters. The van der Waals surface area contributed by atoms with E-state index in [0.717, 1.165) is 27.5 Å². The molecule has 3 aromatic rings. The number of methoxy groups -OCH3 is 1. The van der Waals surface area contributed by atoms with Gasteiger partial charge in [0.2, 0.25) is 0 Å². The first-order valence-corrected chi connectivity index (χ1v) is 9.58. The lowest BCUT2D eigenvalue weighted by molar-refractivity contribution is 0.0594. The van der Waals surface area contributed by atoms with E-state index in [1.807, 2.05) is 38.1 Å². The minimum atomic E-state index is -0.619. The Bertz CT molecular complexity index is 1070. The number of aryl methyl sites for hydroxylation is 3. The number of hydrogen-bond acceptors (Lipinski definition) is 5. The highest BCUT2D eigenvalue weighted by atomic mass is 35.5. The van der Waals surface area contributed by atoms with E-state index in [-0.39, 0.29) is 17.3 Å². The molecule has 1 aromatic heterocycles. The van der Waals surface area contributed by atoms with Gasteiger partial charge >= 0.3 is 5.97 Å². The zero-order chi connectivity index (χ0) is 21.8. The summed E-state index contributed by atoms with van der Waals surface area (Å²) in [6.07, 6.45) is 1.54. The van der Waals surface area contributed by atoms with Crippen LogP contribution in [0.3, 0.4) is 0 Å². The predicted molar refractivity (Wildman–Crippen MR) is 114 cm³/mol. The third-order valence-electron chi connectivity index (χ3n) is 4.49. The minimum Gasteiger partial charge on any atom is -0.489 e. The summed E-state index contributed by atoms with van der Waals surface area (Å²) in [7, 11) is 2.91. The quantitative estimate of drug-likeness (QED) is 0.593. The molecule has 8 heteroatoms. The van der Waals surface area contributed by atoms with Crippen LogP contribution in [0.4, 0.5) is 5.69 Å². The highest BCUT2D eigenvalue weighted by Gasteiger charge is 2.19. The molecule has 0 spiro atoms. The molecule has 30 heavy (non-hydrogen) atoms. The highest BCUT2D eigenvalue weighted by molar-refractivity contribution is 6.32. The Labute approximate surface area is 179 Å². The van der Waals surface area contributed by atoms with Crippen molar-refractivity contribution < 1.29 is 19.1 Å². The summed E-state index contributed by atoms with van der Waals surface area (Å²) in [5, 5.41) is 7.44. The average Bonchev–Trinajstić information content (AvgIpc) is 3.10. The van der Waals surface area contributed by atoms with Gasteiger partial charge in [-0.2, -0.15) is 5.10 Å². The molecule has 1 amide bonds. The van der Waals surface area contributed by atoms with Crippen molar-refractivity contribution >= 4 is 29.2 Å². The number of nitrogens with one attached hydrogen (secondary N) is 1. The van der Waals surface area contributed by atoms with Crippen molar-refractivity contribution in [2.24, 2.45) is 7.05 Å². The van der Waals surface area contributed by atoms with E-state index in [0.29, 0.717) is 12.2 Å². The van der Waals surface area contributed by atoms with Gasteiger partial charge in [0.25, 0.3) is 5.91 Å². The normalized spacial score (nSPS) is 10.6. The first-order chi connectivity index (χ1) is 14.3. The van der Waals surface area contributed by atoms with Crippen LogP contribution in [0.25, 0.3) is 0 Å². The van der Waals surface area contributed by atoms with E-state index < -0.39 is 5.97 Å². The van der Waals surface area contributed by atoms with Crippen molar-refractivity contribution in [2.45, 2.75) is 20.5 Å². The lowest BCUT2D eigenvalue weighted by Crippen LogP contribution is -2.14. The first kappa shape index (κ1) is 21.4. The SMILES string of the molecule is COC(=O)c1nn(C)cc1NC(=O)c1ccc(COc2cc(C)c(Cl)c(C)c2)cc1. The van der Waals surface area contributed by atoms with Gasteiger partial charge in [0.05, 0.1) is 12.8 Å². The highest BCUT2D eigenvalue weighted by Crippen LogP contribution is 2.26. The third-order valence-corrected chi connectivity index (χ3v) is 5.08. The lowest BCUT2D eigenvalue weighted by Gasteiger charge is -2.10. The van der Waals surface area contributed by atoms with E-state index in [1.54, 1.807) is 25.4 Å². The number of benzene rings is 2. The van der Waals surface area contributed by atoms with Crippen molar-refractivity contribution in [3.8, 4) is 5.75 Å². The van der Waals surface area contributed by atoms with Gasteiger partial charge < -0.3 is 14.8 Å². The molecule has 0 radical (unpaired) electrons. The van der Waals surface area contributed by atoms with Crippen LogP contribution in [0.2, 0.25) is 5.02 Å². The van der Waals surface area contributed by atoms with E-state index in [4.69, 9.17) is 21.1 Å². The van der Waals surface area contributed by atoms with Gasteiger partial charge in [0, 0.05) is 23.8 Å². The first-order valence-electron chi connectivity index (χ1n) is 9.20. The van der Waals surface area contributed by atoms with E-state index in [9.17, 15) is 9.59 Å². The Morgan fingerprint density at radius 1 is 1.13 bits per heavy atom. The number of carbonyl (C=O) groups excluding carboxylic acids is 2. The van der Waals surface area contributed by atoms with Gasteiger partial charge in [-0.25, -0.2) is 4.79 Å². The summed E-state index contributed by atoms with van der Waals surface area (Å²) in [6.45, 7) is 4.23. The Morgan fingerprint density at radius 2 is 1.77 bits per heavy atom. The van der Waals surface area contributed by atoms with E-state index in [1.165, 1.54) is 11.8 Å². The van der Waals surface area contributed by atoms with Gasteiger partial charge in [-0.1, -0.05) is 23.7 Å².